The van der Waals surface area contributed by atoms with Crippen LogP contribution in [0, 0.1) is 12.7 Å². The van der Waals surface area contributed by atoms with E-state index in [0.29, 0.717) is 61.7 Å². The zero-order valence-electron chi connectivity index (χ0n) is 24.0. The smallest absolute Gasteiger partial charge is 0.297 e. The summed E-state index contributed by atoms with van der Waals surface area (Å²) in [7, 11) is -3.85. The van der Waals surface area contributed by atoms with Gasteiger partial charge in [-0.05, 0) is 38.1 Å². The number of amides is 1. The zero-order chi connectivity index (χ0) is 30.8. The summed E-state index contributed by atoms with van der Waals surface area (Å²) < 4.78 is 43.6. The van der Waals surface area contributed by atoms with E-state index in [9.17, 15) is 17.6 Å². The van der Waals surface area contributed by atoms with Gasteiger partial charge in [-0.15, -0.1) is 0 Å². The van der Waals surface area contributed by atoms with Crippen molar-refractivity contribution >= 4 is 39.4 Å². The van der Waals surface area contributed by atoms with Crippen LogP contribution in [-0.2, 0) is 14.3 Å². The molecule has 1 amide bonds. The fraction of sp³-hybridized carbons (Fsp3) is 0.310. The number of carbonyl (C=O) groups is 1. The molecule has 5 heterocycles. The number of anilines is 4. The number of piperazine rings is 1. The molecule has 15 heteroatoms. The van der Waals surface area contributed by atoms with Gasteiger partial charge in [0.2, 0.25) is 5.95 Å². The molecular formula is C29H30FN9O4S. The number of pyridine rings is 1. The minimum Gasteiger partial charge on any atom is -0.351 e. The van der Waals surface area contributed by atoms with E-state index in [0.717, 1.165) is 18.0 Å². The Morgan fingerprint density at radius 2 is 1.59 bits per heavy atom. The molecule has 2 fully saturated rings. The van der Waals surface area contributed by atoms with Crippen LogP contribution in [0.15, 0.2) is 72.3 Å². The maximum Gasteiger partial charge on any atom is 0.297 e. The molecule has 1 N–H and O–H groups in total. The van der Waals surface area contributed by atoms with Crippen LogP contribution in [0.5, 0.6) is 0 Å². The van der Waals surface area contributed by atoms with Crippen LogP contribution in [0.2, 0.25) is 0 Å². The van der Waals surface area contributed by atoms with Crippen molar-refractivity contribution in [1.29, 1.82) is 0 Å². The second-order valence-corrected chi connectivity index (χ2v) is 12.3. The summed E-state index contributed by atoms with van der Waals surface area (Å²) >= 11 is 0. The number of carbonyl (C=O) groups excluding carboxylic acids is 1. The normalized spacial score (nSPS) is 17.3. The van der Waals surface area contributed by atoms with Crippen molar-refractivity contribution in [3.63, 3.8) is 0 Å². The topological polar surface area (TPSA) is 147 Å². The van der Waals surface area contributed by atoms with E-state index in [2.05, 4.69) is 35.1 Å². The molecule has 2 aliphatic heterocycles. The van der Waals surface area contributed by atoms with Gasteiger partial charge in [0, 0.05) is 45.0 Å². The minimum absolute atomic E-state index is 0.0718. The van der Waals surface area contributed by atoms with Crippen molar-refractivity contribution in [2.24, 2.45) is 0 Å². The van der Waals surface area contributed by atoms with Crippen molar-refractivity contribution < 1.29 is 21.8 Å². The molecule has 0 spiro atoms. The van der Waals surface area contributed by atoms with Crippen LogP contribution in [0.1, 0.15) is 22.8 Å². The van der Waals surface area contributed by atoms with Crippen molar-refractivity contribution in [3.05, 3.63) is 84.3 Å². The first-order chi connectivity index (χ1) is 21.1. The summed E-state index contributed by atoms with van der Waals surface area (Å²) in [6.45, 7) is 6.56. The average Bonchev–Trinajstić information content (AvgIpc) is 3.00. The highest BCUT2D eigenvalue weighted by molar-refractivity contribution is 7.86. The molecule has 1 aromatic carbocycles. The van der Waals surface area contributed by atoms with Gasteiger partial charge in [-0.25, -0.2) is 29.3 Å². The van der Waals surface area contributed by atoms with E-state index in [1.165, 1.54) is 24.5 Å². The SMILES string of the molecule is Cc1ccc(S(=O)(=O)OC2CN(c3ccc(C(=O)Nc4cnc(N5CCN(c6ncc(F)cn6)C[C@@H]5C)cn4)cn3)C2)cc1. The lowest BCUT2D eigenvalue weighted by Gasteiger charge is -2.40. The van der Waals surface area contributed by atoms with Crippen molar-refractivity contribution in [1.82, 2.24) is 24.9 Å². The summed E-state index contributed by atoms with van der Waals surface area (Å²) in [6, 6.07) is 9.93. The van der Waals surface area contributed by atoms with Gasteiger partial charge in [-0.2, -0.15) is 8.42 Å². The third-order valence-electron chi connectivity index (χ3n) is 7.45. The summed E-state index contributed by atoms with van der Waals surface area (Å²) in [5.74, 6) is 1.20. The fourth-order valence-corrected chi connectivity index (χ4v) is 6.06. The van der Waals surface area contributed by atoms with E-state index in [4.69, 9.17) is 4.18 Å². The number of benzene rings is 1. The number of aromatic nitrogens is 5. The highest BCUT2D eigenvalue weighted by atomic mass is 32.2. The molecule has 0 saturated carbocycles. The van der Waals surface area contributed by atoms with E-state index in [1.807, 2.05) is 23.6 Å². The molecule has 6 rings (SSSR count). The molecule has 1 atom stereocenters. The molecule has 228 valence electrons. The van der Waals surface area contributed by atoms with Gasteiger partial charge in [0.25, 0.3) is 16.0 Å². The number of nitrogens with zero attached hydrogens (tertiary/aromatic N) is 8. The van der Waals surface area contributed by atoms with Gasteiger partial charge in [-0.1, -0.05) is 17.7 Å². The lowest BCUT2D eigenvalue weighted by Crippen LogP contribution is -2.53. The van der Waals surface area contributed by atoms with Crippen LogP contribution in [0.25, 0.3) is 0 Å². The third kappa shape index (κ3) is 6.43. The fourth-order valence-electron chi connectivity index (χ4n) is 5.00. The van der Waals surface area contributed by atoms with E-state index < -0.39 is 22.0 Å². The molecule has 4 aromatic rings. The molecule has 44 heavy (non-hydrogen) atoms. The van der Waals surface area contributed by atoms with Gasteiger partial charge in [0.1, 0.15) is 17.7 Å². The molecule has 3 aromatic heterocycles. The molecule has 0 aliphatic carbocycles. The van der Waals surface area contributed by atoms with Gasteiger partial charge in [0.05, 0.1) is 35.2 Å². The molecule has 0 bridgehead atoms. The average molecular weight is 620 g/mol. The molecule has 2 saturated heterocycles. The van der Waals surface area contributed by atoms with E-state index in [-0.39, 0.29) is 16.8 Å². The second kappa shape index (κ2) is 12.1. The van der Waals surface area contributed by atoms with Crippen molar-refractivity contribution in [2.75, 3.05) is 52.7 Å². The molecule has 0 unspecified atom stereocenters. The Bertz CT molecular complexity index is 1720. The Kier molecular flexibility index (Phi) is 8.05. The number of rotatable bonds is 8. The van der Waals surface area contributed by atoms with Crippen LogP contribution in [0.3, 0.4) is 0 Å². The summed E-state index contributed by atoms with van der Waals surface area (Å²) in [4.78, 5) is 40.2. The predicted octanol–water partition coefficient (Wildman–Crippen LogP) is 2.67. The Hall–Kier alpha value is -4.76. The Balaban J connectivity index is 0.989. The number of nitrogens with one attached hydrogen (secondary N) is 1. The first kappa shape index (κ1) is 29.3. The van der Waals surface area contributed by atoms with Crippen LogP contribution < -0.4 is 20.0 Å². The largest absolute Gasteiger partial charge is 0.351 e. The lowest BCUT2D eigenvalue weighted by atomic mass is 10.1. The Morgan fingerprint density at radius 1 is 0.864 bits per heavy atom. The highest BCUT2D eigenvalue weighted by Gasteiger charge is 2.33. The summed E-state index contributed by atoms with van der Waals surface area (Å²) in [5, 5.41) is 2.73. The van der Waals surface area contributed by atoms with Crippen LogP contribution in [0.4, 0.5) is 27.8 Å². The highest BCUT2D eigenvalue weighted by Crippen LogP contribution is 2.25. The molecule has 2 aliphatic rings. The monoisotopic (exact) mass is 619 g/mol. The van der Waals surface area contributed by atoms with Gasteiger partial charge >= 0.3 is 0 Å². The maximum absolute atomic E-state index is 13.2. The summed E-state index contributed by atoms with van der Waals surface area (Å²) in [6.07, 6.45) is 6.40. The van der Waals surface area contributed by atoms with E-state index in [1.54, 1.807) is 30.5 Å². The first-order valence-electron chi connectivity index (χ1n) is 14.0. The van der Waals surface area contributed by atoms with Crippen LogP contribution in [-0.4, -0.2) is 84.1 Å². The van der Waals surface area contributed by atoms with Crippen molar-refractivity contribution in [3.8, 4) is 0 Å². The standard InChI is InChI=1S/C29H30FN9O4S/c1-19-3-6-24(7-4-19)44(41,42)43-23-17-38(18-23)26-8-5-21(11-32-26)28(40)36-25-14-33-27(15-31-25)39-10-9-37(16-20(39)2)29-34-12-22(30)13-35-29/h3-8,11-15,20,23H,9-10,16-18H2,1-2H3,(H,31,36,40)/t20-/m0/s1. The second-order valence-electron chi connectivity index (χ2n) is 10.7. The van der Waals surface area contributed by atoms with Gasteiger partial charge in [-0.3, -0.25) is 8.98 Å². The number of hydrogen-bond donors (Lipinski definition) is 1. The zero-order valence-corrected chi connectivity index (χ0v) is 24.9. The van der Waals surface area contributed by atoms with Gasteiger partial charge < -0.3 is 20.0 Å². The van der Waals surface area contributed by atoms with Crippen LogP contribution >= 0.6 is 0 Å². The molecule has 13 nitrogen and oxygen atoms in total. The number of aryl methyl sites for hydroxylation is 1. The first-order valence-corrected chi connectivity index (χ1v) is 15.4. The predicted molar refractivity (Wildman–Crippen MR) is 161 cm³/mol. The van der Waals surface area contributed by atoms with E-state index >= 15 is 0 Å². The summed E-state index contributed by atoms with van der Waals surface area (Å²) in [5.41, 5.74) is 1.30. The Morgan fingerprint density at radius 3 is 2.23 bits per heavy atom. The lowest BCUT2D eigenvalue weighted by molar-refractivity contribution is 0.102. The molecule has 0 radical (unpaired) electrons. The minimum atomic E-state index is -3.85. The third-order valence-corrected chi connectivity index (χ3v) is 8.82. The Labute approximate surface area is 253 Å². The number of hydrogen-bond acceptors (Lipinski definition) is 12. The van der Waals surface area contributed by atoms with Gasteiger partial charge in [0.15, 0.2) is 11.6 Å². The van der Waals surface area contributed by atoms with Crippen molar-refractivity contribution in [2.45, 2.75) is 30.9 Å². The maximum atomic E-state index is 13.2. The number of halogens is 1. The quantitative estimate of drug-likeness (QED) is 0.289. The molecular weight excluding hydrogens is 589 g/mol.